The molecule has 0 spiro atoms. The van der Waals surface area contributed by atoms with Gasteiger partial charge in [0.25, 0.3) is 0 Å². The molecule has 0 aliphatic carbocycles. The molecule has 0 aliphatic rings. The van der Waals surface area contributed by atoms with Crippen molar-refractivity contribution >= 4 is 23.0 Å². The fraction of sp³-hybridized carbons (Fsp3) is 0.286. The summed E-state index contributed by atoms with van der Waals surface area (Å²) < 4.78 is 15.9. The SMILES string of the molecule is Cc1cs/c(=N\c2ccc(C(C)C(=O)O)cc2F)n1C. The molecule has 6 heteroatoms. The van der Waals surface area contributed by atoms with Gasteiger partial charge < -0.3 is 9.67 Å². The Balaban J connectivity index is 2.43. The highest BCUT2D eigenvalue weighted by molar-refractivity contribution is 7.07. The number of carboxylic acids is 1. The lowest BCUT2D eigenvalue weighted by Gasteiger charge is -2.07. The summed E-state index contributed by atoms with van der Waals surface area (Å²) in [4.78, 5) is 15.8. The number of halogens is 1. The van der Waals surface area contributed by atoms with Crippen LogP contribution in [0.3, 0.4) is 0 Å². The monoisotopic (exact) mass is 294 g/mol. The Labute approximate surface area is 119 Å². The summed E-state index contributed by atoms with van der Waals surface area (Å²) >= 11 is 1.43. The lowest BCUT2D eigenvalue weighted by Crippen LogP contribution is -2.11. The summed E-state index contributed by atoms with van der Waals surface area (Å²) in [5.41, 5.74) is 1.69. The van der Waals surface area contributed by atoms with Gasteiger partial charge in [-0.25, -0.2) is 9.38 Å². The van der Waals surface area contributed by atoms with Crippen LogP contribution in [0, 0.1) is 12.7 Å². The number of rotatable bonds is 3. The number of hydrogen-bond acceptors (Lipinski definition) is 3. The van der Waals surface area contributed by atoms with Crippen LogP contribution < -0.4 is 4.80 Å². The smallest absolute Gasteiger partial charge is 0.310 e. The van der Waals surface area contributed by atoms with Gasteiger partial charge in [0.1, 0.15) is 11.5 Å². The van der Waals surface area contributed by atoms with Crippen LogP contribution in [0.25, 0.3) is 0 Å². The Hall–Kier alpha value is -1.95. The van der Waals surface area contributed by atoms with Crippen molar-refractivity contribution in [2.24, 2.45) is 12.0 Å². The van der Waals surface area contributed by atoms with Crippen molar-refractivity contribution in [3.8, 4) is 0 Å². The van der Waals surface area contributed by atoms with Gasteiger partial charge in [-0.3, -0.25) is 4.79 Å². The van der Waals surface area contributed by atoms with Crippen molar-refractivity contribution in [1.82, 2.24) is 4.57 Å². The van der Waals surface area contributed by atoms with Crippen LogP contribution in [0.2, 0.25) is 0 Å². The van der Waals surface area contributed by atoms with Crippen molar-refractivity contribution in [2.75, 3.05) is 0 Å². The first kappa shape index (κ1) is 14.5. The predicted molar refractivity (Wildman–Crippen MR) is 75.7 cm³/mol. The van der Waals surface area contributed by atoms with E-state index in [4.69, 9.17) is 5.11 Å². The quantitative estimate of drug-likeness (QED) is 0.946. The normalized spacial score (nSPS) is 13.5. The lowest BCUT2D eigenvalue weighted by molar-refractivity contribution is -0.138. The van der Waals surface area contributed by atoms with Crippen LogP contribution in [-0.4, -0.2) is 15.6 Å². The van der Waals surface area contributed by atoms with Crippen LogP contribution in [0.15, 0.2) is 28.6 Å². The highest BCUT2D eigenvalue weighted by Crippen LogP contribution is 2.23. The predicted octanol–water partition coefficient (Wildman–Crippen LogP) is 2.95. The maximum Gasteiger partial charge on any atom is 0.310 e. The van der Waals surface area contributed by atoms with Gasteiger partial charge in [0.2, 0.25) is 0 Å². The molecule has 0 aliphatic heterocycles. The van der Waals surface area contributed by atoms with Crippen molar-refractivity contribution in [2.45, 2.75) is 19.8 Å². The first-order valence-corrected chi connectivity index (χ1v) is 6.96. The topological polar surface area (TPSA) is 54.6 Å². The average molecular weight is 294 g/mol. The molecule has 1 atom stereocenters. The van der Waals surface area contributed by atoms with Crippen LogP contribution in [0.4, 0.5) is 10.1 Å². The van der Waals surface area contributed by atoms with Crippen molar-refractivity contribution in [3.63, 3.8) is 0 Å². The number of aryl methyl sites for hydroxylation is 1. The molecular formula is C14H15FN2O2S. The van der Waals surface area contributed by atoms with Gasteiger partial charge in [-0.15, -0.1) is 11.3 Å². The Morgan fingerprint density at radius 2 is 2.20 bits per heavy atom. The number of thiazole rings is 1. The Kier molecular flexibility index (Phi) is 4.04. The third-order valence-corrected chi connectivity index (χ3v) is 4.24. The van der Waals surface area contributed by atoms with E-state index in [1.54, 1.807) is 6.07 Å². The molecule has 1 unspecified atom stereocenters. The second kappa shape index (κ2) is 5.58. The van der Waals surface area contributed by atoms with Crippen molar-refractivity contribution in [1.29, 1.82) is 0 Å². The summed E-state index contributed by atoms with van der Waals surface area (Å²) in [5.74, 6) is -2.23. The van der Waals surface area contributed by atoms with E-state index in [1.807, 2.05) is 23.9 Å². The molecule has 0 fully saturated rings. The summed E-state index contributed by atoms with van der Waals surface area (Å²) in [6.45, 7) is 3.47. The van der Waals surface area contributed by atoms with Gasteiger partial charge in [-0.05, 0) is 31.5 Å². The number of nitrogens with zero attached hydrogens (tertiary/aromatic N) is 2. The average Bonchev–Trinajstić information content (AvgIpc) is 2.72. The standard InChI is InChI=1S/C14H15FN2O2S/c1-8-7-20-14(17(8)3)16-12-5-4-10(6-11(12)15)9(2)13(18)19/h4-7,9H,1-3H3,(H,18,19)/b16-14-. The molecule has 0 amide bonds. The zero-order valence-corrected chi connectivity index (χ0v) is 12.2. The summed E-state index contributed by atoms with van der Waals surface area (Å²) in [6.07, 6.45) is 0. The summed E-state index contributed by atoms with van der Waals surface area (Å²) in [6, 6.07) is 4.35. The minimum absolute atomic E-state index is 0.212. The molecule has 0 radical (unpaired) electrons. The third-order valence-electron chi connectivity index (χ3n) is 3.21. The van der Waals surface area contributed by atoms with E-state index < -0.39 is 17.7 Å². The molecule has 2 rings (SSSR count). The number of hydrogen-bond donors (Lipinski definition) is 1. The van der Waals surface area contributed by atoms with Crippen molar-refractivity contribution in [3.05, 3.63) is 45.5 Å². The molecular weight excluding hydrogens is 279 g/mol. The zero-order valence-electron chi connectivity index (χ0n) is 11.4. The van der Waals surface area contributed by atoms with Gasteiger partial charge in [-0.1, -0.05) is 6.07 Å². The van der Waals surface area contributed by atoms with E-state index in [-0.39, 0.29) is 5.69 Å². The Bertz CT molecular complexity index is 718. The van der Waals surface area contributed by atoms with E-state index in [1.165, 1.54) is 30.4 Å². The maximum absolute atomic E-state index is 14.0. The van der Waals surface area contributed by atoms with Crippen LogP contribution in [0.5, 0.6) is 0 Å². The highest BCUT2D eigenvalue weighted by atomic mass is 32.1. The second-order valence-corrected chi connectivity index (χ2v) is 5.44. The van der Waals surface area contributed by atoms with E-state index in [0.29, 0.717) is 10.4 Å². The van der Waals surface area contributed by atoms with Gasteiger partial charge in [0.05, 0.1) is 5.92 Å². The van der Waals surface area contributed by atoms with Gasteiger partial charge in [0.15, 0.2) is 4.80 Å². The number of carbonyl (C=O) groups is 1. The molecule has 1 aromatic carbocycles. The van der Waals surface area contributed by atoms with Gasteiger partial charge in [0, 0.05) is 18.1 Å². The van der Waals surface area contributed by atoms with Crippen LogP contribution >= 0.6 is 11.3 Å². The number of aromatic nitrogens is 1. The van der Waals surface area contributed by atoms with Gasteiger partial charge >= 0.3 is 5.97 Å². The molecule has 4 nitrogen and oxygen atoms in total. The first-order chi connectivity index (χ1) is 9.40. The van der Waals surface area contributed by atoms with E-state index in [9.17, 15) is 9.18 Å². The van der Waals surface area contributed by atoms with Crippen LogP contribution in [0.1, 0.15) is 24.1 Å². The Morgan fingerprint density at radius 1 is 1.50 bits per heavy atom. The Morgan fingerprint density at radius 3 is 2.70 bits per heavy atom. The first-order valence-electron chi connectivity index (χ1n) is 6.08. The number of benzene rings is 1. The van der Waals surface area contributed by atoms with Gasteiger partial charge in [-0.2, -0.15) is 0 Å². The number of carboxylic acid groups (broad SMARTS) is 1. The highest BCUT2D eigenvalue weighted by Gasteiger charge is 2.15. The molecule has 0 saturated heterocycles. The zero-order chi connectivity index (χ0) is 14.9. The molecule has 1 heterocycles. The molecule has 2 aromatic rings. The fourth-order valence-electron chi connectivity index (χ4n) is 1.68. The lowest BCUT2D eigenvalue weighted by atomic mass is 10.0. The molecule has 20 heavy (non-hydrogen) atoms. The second-order valence-electron chi connectivity index (χ2n) is 4.60. The molecule has 1 aromatic heterocycles. The molecule has 106 valence electrons. The minimum atomic E-state index is -0.977. The minimum Gasteiger partial charge on any atom is -0.481 e. The number of aliphatic carboxylic acids is 1. The summed E-state index contributed by atoms with van der Waals surface area (Å²) in [5, 5.41) is 10.9. The summed E-state index contributed by atoms with van der Waals surface area (Å²) in [7, 11) is 1.86. The van der Waals surface area contributed by atoms with Crippen molar-refractivity contribution < 1.29 is 14.3 Å². The maximum atomic E-state index is 14.0. The largest absolute Gasteiger partial charge is 0.481 e. The molecule has 0 saturated carbocycles. The van der Waals surface area contributed by atoms with E-state index >= 15 is 0 Å². The van der Waals surface area contributed by atoms with E-state index in [0.717, 1.165) is 5.69 Å². The molecule has 1 N–H and O–H groups in total. The van der Waals surface area contributed by atoms with Crippen LogP contribution in [-0.2, 0) is 11.8 Å². The third kappa shape index (κ3) is 2.80. The van der Waals surface area contributed by atoms with E-state index in [2.05, 4.69) is 4.99 Å². The molecule has 0 bridgehead atoms. The fourth-order valence-corrected chi connectivity index (χ4v) is 2.56.